The summed E-state index contributed by atoms with van der Waals surface area (Å²) in [6, 6.07) is 60.6. The van der Waals surface area contributed by atoms with Crippen LogP contribution in [-0.4, -0.2) is 0 Å². The van der Waals surface area contributed by atoms with E-state index in [2.05, 4.69) is 243 Å². The monoisotopic (exact) mass is 769 g/mol. The Hall–Kier alpha value is -5.92. The minimum absolute atomic E-state index is 0.0564. The van der Waals surface area contributed by atoms with Gasteiger partial charge in [0.25, 0.3) is 0 Å². The molecule has 296 valence electrons. The van der Waals surface area contributed by atoms with Gasteiger partial charge in [-0.05, 0) is 90.9 Å². The molecule has 0 saturated heterocycles. The van der Waals surface area contributed by atoms with E-state index in [-0.39, 0.29) is 16.2 Å². The molecule has 7 aromatic rings. The van der Waals surface area contributed by atoms with Crippen molar-refractivity contribution in [1.29, 1.82) is 0 Å². The average molecular weight is 770 g/mol. The van der Waals surface area contributed by atoms with Gasteiger partial charge in [-0.3, -0.25) is 0 Å². The molecule has 0 radical (unpaired) electrons. The smallest absolute Gasteiger partial charge is 0.0540 e. The highest BCUT2D eigenvalue weighted by Gasteiger charge is 2.32. The summed E-state index contributed by atoms with van der Waals surface area (Å²) < 4.78 is 0. The normalized spacial score (nSPS) is 14.8. The van der Waals surface area contributed by atoms with Crippen LogP contribution in [0.15, 0.2) is 182 Å². The summed E-state index contributed by atoms with van der Waals surface area (Å²) in [5, 5.41) is 2.49. The zero-order valence-corrected chi connectivity index (χ0v) is 36.5. The first-order chi connectivity index (χ1) is 28.2. The standard InChI is InChI=1S/C58H59N/c1-56(2,3)44-35-33-41(34-36-44)47-25-13-16-30-52(47)59(53-31-17-14-26-48(53)43-37-45(57(4,5)6)39-46(38-43)58(7,8)9)54-32-18-15-27-50(54)51-29-20-24-42-23-19-28-49(55(42)51)40-21-11-10-12-22-40/h10-38,45H,39H2,1-9H3. The molecule has 8 rings (SSSR count). The number of nitrogens with zero attached hydrogens (tertiary/aromatic N) is 1. The Morgan fingerprint density at radius 2 is 0.915 bits per heavy atom. The lowest BCUT2D eigenvalue weighted by Gasteiger charge is -2.37. The molecule has 0 spiro atoms. The lowest BCUT2D eigenvalue weighted by molar-refractivity contribution is 0.276. The Morgan fingerprint density at radius 3 is 1.51 bits per heavy atom. The largest absolute Gasteiger partial charge is 0.309 e. The fraction of sp³-hybridized carbons (Fsp3) is 0.241. The zero-order chi connectivity index (χ0) is 41.5. The number of benzene rings is 7. The zero-order valence-electron chi connectivity index (χ0n) is 36.5. The van der Waals surface area contributed by atoms with E-state index >= 15 is 0 Å². The predicted molar refractivity (Wildman–Crippen MR) is 257 cm³/mol. The molecule has 1 aliphatic rings. The van der Waals surface area contributed by atoms with Crippen molar-refractivity contribution in [2.45, 2.75) is 74.1 Å². The van der Waals surface area contributed by atoms with E-state index in [1.165, 1.54) is 66.4 Å². The number of hydrogen-bond donors (Lipinski definition) is 0. The average Bonchev–Trinajstić information content (AvgIpc) is 3.23. The van der Waals surface area contributed by atoms with Crippen molar-refractivity contribution in [2.24, 2.45) is 16.7 Å². The molecule has 59 heavy (non-hydrogen) atoms. The molecule has 0 saturated carbocycles. The van der Waals surface area contributed by atoms with E-state index < -0.39 is 0 Å². The first-order valence-electron chi connectivity index (χ1n) is 21.4. The van der Waals surface area contributed by atoms with E-state index in [9.17, 15) is 0 Å². The lowest BCUT2D eigenvalue weighted by atomic mass is 9.68. The second kappa shape index (κ2) is 15.7. The van der Waals surface area contributed by atoms with Crippen molar-refractivity contribution in [3.8, 4) is 33.4 Å². The highest BCUT2D eigenvalue weighted by atomic mass is 15.1. The number of rotatable bonds is 7. The molecule has 1 unspecified atom stereocenters. The Bertz CT molecular complexity index is 2660. The van der Waals surface area contributed by atoms with E-state index in [1.807, 2.05) is 0 Å². The first-order valence-corrected chi connectivity index (χ1v) is 21.4. The van der Waals surface area contributed by atoms with Crippen LogP contribution in [0.25, 0.3) is 49.7 Å². The summed E-state index contributed by atoms with van der Waals surface area (Å²) in [6.45, 7) is 21.1. The van der Waals surface area contributed by atoms with Gasteiger partial charge in [0, 0.05) is 16.7 Å². The second-order valence-electron chi connectivity index (χ2n) is 19.5. The van der Waals surface area contributed by atoms with Gasteiger partial charge < -0.3 is 4.90 Å². The summed E-state index contributed by atoms with van der Waals surface area (Å²) in [7, 11) is 0. The molecule has 0 bridgehead atoms. The van der Waals surface area contributed by atoms with E-state index in [1.54, 1.807) is 0 Å². The van der Waals surface area contributed by atoms with Gasteiger partial charge in [-0.15, -0.1) is 0 Å². The summed E-state index contributed by atoms with van der Waals surface area (Å²) in [4.78, 5) is 2.55. The third-order valence-electron chi connectivity index (χ3n) is 12.3. The maximum Gasteiger partial charge on any atom is 0.0540 e. The van der Waals surface area contributed by atoms with Crippen LogP contribution in [-0.2, 0) is 5.41 Å². The molecule has 0 N–H and O–H groups in total. The van der Waals surface area contributed by atoms with Crippen molar-refractivity contribution < 1.29 is 0 Å². The number of fused-ring (bicyclic) bond motifs is 1. The Morgan fingerprint density at radius 1 is 0.424 bits per heavy atom. The maximum absolute atomic E-state index is 2.56. The van der Waals surface area contributed by atoms with Gasteiger partial charge in [0.15, 0.2) is 0 Å². The van der Waals surface area contributed by atoms with Crippen LogP contribution in [0, 0.1) is 16.7 Å². The summed E-state index contributed by atoms with van der Waals surface area (Å²) >= 11 is 0. The van der Waals surface area contributed by atoms with Crippen molar-refractivity contribution in [2.75, 3.05) is 4.90 Å². The highest BCUT2D eigenvalue weighted by Crippen LogP contribution is 2.51. The lowest BCUT2D eigenvalue weighted by Crippen LogP contribution is -2.25. The number of hydrogen-bond acceptors (Lipinski definition) is 1. The second-order valence-corrected chi connectivity index (χ2v) is 19.5. The van der Waals surface area contributed by atoms with Crippen molar-refractivity contribution in [3.63, 3.8) is 0 Å². The van der Waals surface area contributed by atoms with Crippen LogP contribution >= 0.6 is 0 Å². The van der Waals surface area contributed by atoms with E-state index in [4.69, 9.17) is 0 Å². The molecular weight excluding hydrogens is 711 g/mol. The summed E-state index contributed by atoms with van der Waals surface area (Å²) in [5.74, 6) is 0.409. The molecule has 0 amide bonds. The molecule has 1 aliphatic carbocycles. The molecule has 1 nitrogen and oxygen atoms in total. The van der Waals surface area contributed by atoms with Crippen LogP contribution in [0.3, 0.4) is 0 Å². The van der Waals surface area contributed by atoms with E-state index in [0.29, 0.717) is 5.92 Å². The SMILES string of the molecule is CC(C)(C)C1=CC(c2ccccc2N(c2ccccc2-c2ccc(C(C)(C)C)cc2)c2ccccc2-c2cccc3cccc(-c4ccccc4)c23)=CC(C(C)(C)C)C1. The van der Waals surface area contributed by atoms with Gasteiger partial charge in [0.1, 0.15) is 0 Å². The molecule has 0 aliphatic heterocycles. The fourth-order valence-electron chi connectivity index (χ4n) is 8.74. The number of allylic oxidation sites excluding steroid dienone is 4. The number of anilines is 3. The van der Waals surface area contributed by atoms with Gasteiger partial charge in [0.05, 0.1) is 17.1 Å². The van der Waals surface area contributed by atoms with Crippen LogP contribution in [0.4, 0.5) is 17.1 Å². The molecule has 0 heterocycles. The van der Waals surface area contributed by atoms with Crippen LogP contribution in [0.1, 0.15) is 79.9 Å². The summed E-state index contributed by atoms with van der Waals surface area (Å²) in [5.41, 5.74) is 16.3. The van der Waals surface area contributed by atoms with Crippen molar-refractivity contribution in [1.82, 2.24) is 0 Å². The number of para-hydroxylation sites is 3. The van der Waals surface area contributed by atoms with Gasteiger partial charge in [0.2, 0.25) is 0 Å². The predicted octanol–water partition coefficient (Wildman–Crippen LogP) is 17.0. The van der Waals surface area contributed by atoms with Crippen LogP contribution in [0.2, 0.25) is 0 Å². The quantitative estimate of drug-likeness (QED) is 0.156. The Kier molecular flexibility index (Phi) is 10.6. The van der Waals surface area contributed by atoms with Gasteiger partial charge in [-0.2, -0.15) is 0 Å². The van der Waals surface area contributed by atoms with E-state index in [0.717, 1.165) is 23.5 Å². The minimum Gasteiger partial charge on any atom is -0.309 e. The molecule has 1 heteroatoms. The topological polar surface area (TPSA) is 3.24 Å². The van der Waals surface area contributed by atoms with Crippen LogP contribution < -0.4 is 4.90 Å². The molecule has 7 aromatic carbocycles. The fourth-order valence-corrected chi connectivity index (χ4v) is 8.74. The minimum atomic E-state index is 0.0564. The Labute approximate surface area is 353 Å². The first kappa shape index (κ1) is 39.9. The highest BCUT2D eigenvalue weighted by molar-refractivity contribution is 6.09. The van der Waals surface area contributed by atoms with Crippen molar-refractivity contribution >= 4 is 33.4 Å². The maximum atomic E-state index is 2.56. The third-order valence-corrected chi connectivity index (χ3v) is 12.3. The van der Waals surface area contributed by atoms with Crippen LogP contribution in [0.5, 0.6) is 0 Å². The van der Waals surface area contributed by atoms with Gasteiger partial charge >= 0.3 is 0 Å². The van der Waals surface area contributed by atoms with Crippen molar-refractivity contribution in [3.05, 3.63) is 193 Å². The molecule has 0 fully saturated rings. The third kappa shape index (κ3) is 8.09. The molecule has 1 atom stereocenters. The van der Waals surface area contributed by atoms with Gasteiger partial charge in [-0.1, -0.05) is 226 Å². The molecular formula is C58H59N. The molecule has 0 aromatic heterocycles. The Balaban J connectivity index is 1.43. The van der Waals surface area contributed by atoms with Gasteiger partial charge in [-0.25, -0.2) is 0 Å². The summed E-state index contributed by atoms with van der Waals surface area (Å²) in [6.07, 6.45) is 6.13.